The monoisotopic (exact) mass is 710 g/mol. The molecule has 6 unspecified atom stereocenters. The molecule has 244 valence electrons. The number of aromatic nitrogens is 8. The second-order valence-corrected chi connectivity index (χ2v) is 15.3. The smallest absolute Gasteiger partial charge is 0.386 e. The van der Waals surface area contributed by atoms with Crippen molar-refractivity contribution in [2.45, 2.75) is 49.2 Å². The minimum absolute atomic E-state index is 0.0570. The molecule has 4 aromatic rings. The first kappa shape index (κ1) is 32.4. The third kappa shape index (κ3) is 6.28. The summed E-state index contributed by atoms with van der Waals surface area (Å²) in [7, 11) is -2.48. The number of alkyl halides is 2. The van der Waals surface area contributed by atoms with Gasteiger partial charge in [0.05, 0.1) is 25.9 Å². The van der Waals surface area contributed by atoms with Crippen LogP contribution < -0.4 is 11.5 Å². The maximum atomic E-state index is 15.8. The lowest BCUT2D eigenvalue weighted by molar-refractivity contribution is -0.0552. The second kappa shape index (κ2) is 12.9. The van der Waals surface area contributed by atoms with Crippen molar-refractivity contribution in [3.05, 3.63) is 25.3 Å². The van der Waals surface area contributed by atoms with Crippen LogP contribution in [0.25, 0.3) is 22.3 Å². The van der Waals surface area contributed by atoms with Gasteiger partial charge in [-0.2, -0.15) is 0 Å². The molecule has 6 heterocycles. The van der Waals surface area contributed by atoms with Crippen LogP contribution in [0.3, 0.4) is 0 Å². The van der Waals surface area contributed by atoms with Gasteiger partial charge in [0, 0.05) is 0 Å². The highest BCUT2D eigenvalue weighted by Crippen LogP contribution is 2.57. The number of thiol groups is 2. The zero-order valence-electron chi connectivity index (χ0n) is 22.7. The number of rotatable bonds is 11. The first-order valence-corrected chi connectivity index (χ1v) is 18.6. The van der Waals surface area contributed by atoms with Gasteiger partial charge >= 0.3 is 6.80 Å². The number of nitrogens with two attached hydrogens (primary N) is 2. The molecule has 0 amide bonds. The van der Waals surface area contributed by atoms with Crippen molar-refractivity contribution in [1.82, 2.24) is 39.0 Å². The van der Waals surface area contributed by atoms with Crippen LogP contribution >= 0.6 is 38.3 Å². The van der Waals surface area contributed by atoms with Gasteiger partial charge in [-0.15, -0.1) is 12.2 Å². The number of halogens is 2. The van der Waals surface area contributed by atoms with E-state index in [0.717, 1.165) is 6.33 Å². The first-order valence-electron chi connectivity index (χ1n) is 13.0. The molecule has 4 aromatic heterocycles. The molecule has 0 aromatic carbocycles. The Morgan fingerprint density at radius 2 is 1.47 bits per heavy atom. The molecule has 2 aliphatic heterocycles. The van der Waals surface area contributed by atoms with Gasteiger partial charge in [0.1, 0.15) is 61.5 Å². The van der Waals surface area contributed by atoms with E-state index < -0.39 is 82.6 Å². The lowest BCUT2D eigenvalue weighted by Gasteiger charge is -2.24. The molecule has 18 nitrogen and oxygen atoms in total. The molecule has 0 aliphatic carbocycles. The van der Waals surface area contributed by atoms with E-state index in [9.17, 15) is 14.2 Å². The molecule has 6 rings (SSSR count). The van der Waals surface area contributed by atoms with E-state index in [1.807, 2.05) is 0 Å². The second-order valence-electron chi connectivity index (χ2n) is 9.87. The van der Waals surface area contributed by atoms with Crippen molar-refractivity contribution in [2.75, 3.05) is 31.0 Å². The summed E-state index contributed by atoms with van der Waals surface area (Å²) in [6.07, 6.45) is -7.86. The maximum absolute atomic E-state index is 15.8. The van der Waals surface area contributed by atoms with Crippen LogP contribution in [-0.4, -0.2) is 100 Å². The van der Waals surface area contributed by atoms with Crippen molar-refractivity contribution >= 4 is 72.3 Å². The topological polar surface area (TPSA) is 240 Å². The van der Waals surface area contributed by atoms with Crippen LogP contribution in [0.2, 0.25) is 0 Å². The van der Waals surface area contributed by atoms with E-state index in [0.29, 0.717) is 0 Å². The Morgan fingerprint density at radius 1 is 0.933 bits per heavy atom. The fourth-order valence-electron chi connectivity index (χ4n) is 5.07. The van der Waals surface area contributed by atoms with Crippen molar-refractivity contribution in [3.63, 3.8) is 0 Å². The zero-order valence-corrected chi connectivity index (χ0v) is 26.4. The normalized spacial score (nSPS) is 30.7. The number of aliphatic hydroxyl groups is 1. The number of nitrogens with zero attached hydrogens (tertiary/aromatic N) is 8. The lowest BCUT2D eigenvalue weighted by atomic mass is 10.1. The SMILES string of the molecule is Nc1ncnc2c1ncn2[C@@H]1O[C@H](COP(=O)(S)OC2C(F)[C@H](n3cnc4c(N)ncnc43)O[C@@H]2CO)C(OC[PH](=O)S)C1F. The van der Waals surface area contributed by atoms with Gasteiger partial charge in [0.25, 0.3) is 0 Å². The average Bonchev–Trinajstić information content (AvgIpc) is 3.76. The first-order chi connectivity index (χ1) is 21.5. The predicted octanol–water partition coefficient (Wildman–Crippen LogP) is 1.48. The minimum Gasteiger partial charge on any atom is -0.394 e. The Balaban J connectivity index is 1.18. The van der Waals surface area contributed by atoms with Crippen LogP contribution in [0.4, 0.5) is 20.4 Å². The summed E-state index contributed by atoms with van der Waals surface area (Å²) in [5.74, 6) is 0.118. The highest BCUT2D eigenvalue weighted by atomic mass is 32.7. The van der Waals surface area contributed by atoms with Crippen molar-refractivity contribution in [2.24, 2.45) is 0 Å². The van der Waals surface area contributed by atoms with Crippen molar-refractivity contribution < 1.29 is 46.3 Å². The third-order valence-corrected chi connectivity index (χ3v) is 9.51. The van der Waals surface area contributed by atoms with E-state index in [2.05, 4.69) is 54.4 Å². The molecule has 2 aliphatic rings. The molecule has 24 heteroatoms. The predicted molar refractivity (Wildman–Crippen MR) is 159 cm³/mol. The Labute approximate surface area is 262 Å². The van der Waals surface area contributed by atoms with E-state index in [4.69, 9.17) is 34.7 Å². The van der Waals surface area contributed by atoms with E-state index in [1.54, 1.807) is 0 Å². The van der Waals surface area contributed by atoms with Crippen LogP contribution in [0.1, 0.15) is 12.5 Å². The van der Waals surface area contributed by atoms with Gasteiger partial charge in [-0.25, -0.2) is 43.2 Å². The Bertz CT molecular complexity index is 1780. The van der Waals surface area contributed by atoms with Crippen LogP contribution in [0.5, 0.6) is 0 Å². The fraction of sp³-hybridized carbons (Fsp3) is 0.524. The Morgan fingerprint density at radius 3 is 2.00 bits per heavy atom. The van der Waals surface area contributed by atoms with Crippen molar-refractivity contribution in [1.29, 1.82) is 0 Å². The molecular formula is C21H26F2N10O8P2S2. The zero-order chi connectivity index (χ0) is 32.0. The standard InChI is InChI=1S/C21H26F2N10O8P2S2/c22-10-14(37-7-42(35)44)9(40-20(10)32-5-30-12-16(24)26-3-28-18(12)32)2-38-43(36,45)41-15-8(1-34)39-21(11(15)23)33-6-31-13-17(25)27-4-29-19(13)33/h3-6,8-11,14-15,20-21,34,42H,1-2,7H2,(H,35,44)(H,36,45)(H2,24,26,28)(H2,25,27,29)/t8-,9-,10?,11?,14?,15?,20-,21-,43?/m1/s1. The number of ether oxygens (including phenoxy) is 3. The van der Waals surface area contributed by atoms with Gasteiger partial charge in [-0.1, -0.05) is 12.2 Å². The number of hydrogen-bond acceptors (Lipinski definition) is 16. The highest BCUT2D eigenvalue weighted by molar-refractivity contribution is 8.44. The minimum atomic E-state index is -4.44. The van der Waals surface area contributed by atoms with Gasteiger partial charge in [-0.3, -0.25) is 18.2 Å². The quantitative estimate of drug-likeness (QED) is 0.109. The van der Waals surface area contributed by atoms with Crippen LogP contribution in [0.15, 0.2) is 25.3 Å². The number of anilines is 2. The molecule has 0 radical (unpaired) electrons. The molecule has 2 saturated heterocycles. The number of hydrogen-bond donors (Lipinski definition) is 5. The van der Waals surface area contributed by atoms with E-state index in [-0.39, 0.29) is 34.0 Å². The van der Waals surface area contributed by atoms with Crippen molar-refractivity contribution in [3.8, 4) is 0 Å². The van der Waals surface area contributed by atoms with Crippen LogP contribution in [-0.2, 0) is 32.4 Å². The van der Waals surface area contributed by atoms with E-state index in [1.165, 1.54) is 28.1 Å². The van der Waals surface area contributed by atoms with Gasteiger partial charge in [0.15, 0.2) is 47.7 Å². The lowest BCUT2D eigenvalue weighted by Crippen LogP contribution is -2.35. The fourth-order valence-corrected chi connectivity index (χ4v) is 7.12. The van der Waals surface area contributed by atoms with E-state index >= 15 is 8.78 Å². The molecule has 0 saturated carbocycles. The molecule has 5 N–H and O–H groups in total. The third-order valence-electron chi connectivity index (χ3n) is 7.09. The Kier molecular flexibility index (Phi) is 9.32. The summed E-state index contributed by atoms with van der Waals surface area (Å²) in [5.41, 5.74) is 12.4. The summed E-state index contributed by atoms with van der Waals surface area (Å²) in [6.45, 7) is -5.79. The molecule has 0 spiro atoms. The van der Waals surface area contributed by atoms with Gasteiger partial charge in [-0.05, 0) is 0 Å². The summed E-state index contributed by atoms with van der Waals surface area (Å²) in [6, 6.07) is 0. The largest absolute Gasteiger partial charge is 0.394 e. The number of imidazole rings is 2. The molecule has 0 bridgehead atoms. The molecule has 45 heavy (non-hydrogen) atoms. The van der Waals surface area contributed by atoms with Crippen LogP contribution in [0, 0.1) is 0 Å². The molecular weight excluding hydrogens is 684 g/mol. The number of nitrogen functional groups attached to an aromatic ring is 2. The van der Waals surface area contributed by atoms with Gasteiger partial charge < -0.3 is 35.3 Å². The molecule has 10 atom stereocenters. The van der Waals surface area contributed by atoms with Gasteiger partial charge in [0.2, 0.25) is 0 Å². The summed E-state index contributed by atoms with van der Waals surface area (Å²) < 4.78 is 86.8. The highest BCUT2D eigenvalue weighted by Gasteiger charge is 2.51. The summed E-state index contributed by atoms with van der Waals surface area (Å²) in [4.78, 5) is 24.0. The number of fused-ring (bicyclic) bond motifs is 2. The summed E-state index contributed by atoms with van der Waals surface area (Å²) in [5, 5.41) is 9.88. The number of aliphatic hydroxyl groups excluding tert-OH is 1. The average molecular weight is 711 g/mol. The molecule has 2 fully saturated rings. The maximum Gasteiger partial charge on any atom is 0.386 e. The summed E-state index contributed by atoms with van der Waals surface area (Å²) >= 11 is 7.80. The Hall–Kier alpha value is -2.52.